The second-order valence-electron chi connectivity index (χ2n) is 5.77. The zero-order valence-corrected chi connectivity index (χ0v) is 16.1. The number of sulfonamides is 1. The molecule has 0 aliphatic carbocycles. The van der Waals surface area contributed by atoms with Crippen LogP contribution >= 0.6 is 11.8 Å². The van der Waals surface area contributed by atoms with E-state index in [-0.39, 0.29) is 22.1 Å². The molecule has 25 heavy (non-hydrogen) atoms. The molecule has 2 rings (SSSR count). The van der Waals surface area contributed by atoms with Crippen LogP contribution in [0.15, 0.2) is 40.6 Å². The highest BCUT2D eigenvalue weighted by atomic mass is 32.2. The predicted octanol–water partition coefficient (Wildman–Crippen LogP) is 1.62. The van der Waals surface area contributed by atoms with Crippen LogP contribution < -0.4 is 10.0 Å². The first-order valence-corrected chi connectivity index (χ1v) is 9.99. The minimum absolute atomic E-state index is 0.153. The van der Waals surface area contributed by atoms with Gasteiger partial charge in [-0.3, -0.25) is 4.79 Å². The van der Waals surface area contributed by atoms with Gasteiger partial charge in [0.2, 0.25) is 15.9 Å². The van der Waals surface area contributed by atoms with Crippen LogP contribution in [0.25, 0.3) is 0 Å². The molecule has 0 aliphatic heterocycles. The lowest BCUT2D eigenvalue weighted by atomic mass is 10.3. The smallest absolute Gasteiger partial charge is 0.240 e. The van der Waals surface area contributed by atoms with Gasteiger partial charge in [-0.1, -0.05) is 11.8 Å². The SMILES string of the molecule is CC(C)NS(=O)(=O)c1ccc(NC(=O)[C@@H](C)Sc2nncn2C)cc1. The molecule has 0 unspecified atom stereocenters. The Morgan fingerprint density at radius 1 is 1.20 bits per heavy atom. The number of aryl methyl sites for hydroxylation is 1. The van der Waals surface area contributed by atoms with E-state index in [0.717, 1.165) is 0 Å². The molecular weight excluding hydrogens is 362 g/mol. The Morgan fingerprint density at radius 2 is 1.84 bits per heavy atom. The van der Waals surface area contributed by atoms with E-state index < -0.39 is 10.0 Å². The van der Waals surface area contributed by atoms with Gasteiger partial charge in [-0.05, 0) is 45.0 Å². The fraction of sp³-hybridized carbons (Fsp3) is 0.400. The molecule has 136 valence electrons. The Labute approximate surface area is 151 Å². The second-order valence-corrected chi connectivity index (χ2v) is 8.80. The van der Waals surface area contributed by atoms with Gasteiger partial charge >= 0.3 is 0 Å². The van der Waals surface area contributed by atoms with E-state index in [4.69, 9.17) is 0 Å². The molecule has 2 N–H and O–H groups in total. The van der Waals surface area contributed by atoms with E-state index in [0.29, 0.717) is 10.8 Å². The van der Waals surface area contributed by atoms with Crippen LogP contribution in [-0.4, -0.2) is 40.4 Å². The van der Waals surface area contributed by atoms with Crippen molar-refractivity contribution in [1.29, 1.82) is 0 Å². The standard InChI is InChI=1S/C15H21N5O3S2/c1-10(2)19-25(22,23)13-7-5-12(6-8-13)17-14(21)11(3)24-15-18-16-9-20(15)4/h5-11,19H,1-4H3,(H,17,21)/t11-/m1/s1. The normalized spacial score (nSPS) is 13.0. The summed E-state index contributed by atoms with van der Waals surface area (Å²) in [6.07, 6.45) is 1.57. The molecule has 1 aromatic heterocycles. The van der Waals surface area contributed by atoms with Crippen molar-refractivity contribution in [3.63, 3.8) is 0 Å². The number of amides is 1. The van der Waals surface area contributed by atoms with E-state index in [9.17, 15) is 13.2 Å². The number of hydrogen-bond acceptors (Lipinski definition) is 6. The van der Waals surface area contributed by atoms with Gasteiger partial charge in [0.1, 0.15) is 6.33 Å². The molecule has 0 radical (unpaired) electrons. The van der Waals surface area contributed by atoms with Crippen LogP contribution in [0, 0.1) is 0 Å². The Kier molecular flexibility index (Phi) is 6.20. The fourth-order valence-corrected chi connectivity index (χ4v) is 3.97. The van der Waals surface area contributed by atoms with E-state index >= 15 is 0 Å². The lowest BCUT2D eigenvalue weighted by molar-refractivity contribution is -0.115. The van der Waals surface area contributed by atoms with E-state index in [1.54, 1.807) is 50.8 Å². The Morgan fingerprint density at radius 3 is 2.36 bits per heavy atom. The van der Waals surface area contributed by atoms with Gasteiger partial charge in [0.25, 0.3) is 0 Å². The summed E-state index contributed by atoms with van der Waals surface area (Å²) in [5.74, 6) is -0.205. The van der Waals surface area contributed by atoms with Crippen LogP contribution in [0.1, 0.15) is 20.8 Å². The quantitative estimate of drug-likeness (QED) is 0.704. The number of carbonyl (C=O) groups is 1. The maximum absolute atomic E-state index is 12.3. The number of aromatic nitrogens is 3. The minimum Gasteiger partial charge on any atom is -0.325 e. The van der Waals surface area contributed by atoms with E-state index in [2.05, 4.69) is 20.2 Å². The average molecular weight is 383 g/mol. The van der Waals surface area contributed by atoms with Gasteiger partial charge in [-0.2, -0.15) is 0 Å². The van der Waals surface area contributed by atoms with Crippen molar-refractivity contribution in [2.45, 2.75) is 42.1 Å². The van der Waals surface area contributed by atoms with Gasteiger partial charge in [0, 0.05) is 18.8 Å². The van der Waals surface area contributed by atoms with Crippen molar-refractivity contribution in [2.24, 2.45) is 7.05 Å². The first-order valence-electron chi connectivity index (χ1n) is 7.63. The number of benzene rings is 1. The fourth-order valence-electron chi connectivity index (χ4n) is 1.93. The third-order valence-corrected chi connectivity index (χ3v) is 5.97. The Hall–Kier alpha value is -1.91. The molecule has 1 aromatic carbocycles. The van der Waals surface area contributed by atoms with Crippen molar-refractivity contribution in [3.05, 3.63) is 30.6 Å². The molecule has 0 bridgehead atoms. The third kappa shape index (κ3) is 5.28. The second kappa shape index (κ2) is 7.98. The summed E-state index contributed by atoms with van der Waals surface area (Å²) in [6.45, 7) is 5.27. The highest BCUT2D eigenvalue weighted by molar-refractivity contribution is 8.00. The van der Waals surface area contributed by atoms with E-state index in [1.165, 1.54) is 23.9 Å². The minimum atomic E-state index is -3.54. The van der Waals surface area contributed by atoms with Crippen LogP contribution in [0.2, 0.25) is 0 Å². The summed E-state index contributed by atoms with van der Waals surface area (Å²) in [5, 5.41) is 10.7. The predicted molar refractivity (Wildman–Crippen MR) is 96.9 cm³/mol. The Balaban J connectivity index is 2.01. The van der Waals surface area contributed by atoms with E-state index in [1.807, 2.05) is 0 Å². The molecule has 1 heterocycles. The summed E-state index contributed by atoms with van der Waals surface area (Å²) >= 11 is 1.29. The molecule has 0 fully saturated rings. The van der Waals surface area contributed by atoms with Gasteiger partial charge in [-0.25, -0.2) is 13.1 Å². The molecule has 1 amide bonds. The summed E-state index contributed by atoms with van der Waals surface area (Å²) in [5.41, 5.74) is 0.527. The van der Waals surface area contributed by atoms with Crippen LogP contribution in [0.4, 0.5) is 5.69 Å². The summed E-state index contributed by atoms with van der Waals surface area (Å²) in [6, 6.07) is 5.85. The van der Waals surface area contributed by atoms with Gasteiger partial charge in [0.05, 0.1) is 10.1 Å². The maximum atomic E-state index is 12.3. The molecule has 2 aromatic rings. The number of thioether (sulfide) groups is 1. The number of nitrogens with one attached hydrogen (secondary N) is 2. The monoisotopic (exact) mass is 383 g/mol. The number of carbonyl (C=O) groups excluding carboxylic acids is 1. The van der Waals surface area contributed by atoms with Crippen molar-refractivity contribution in [3.8, 4) is 0 Å². The van der Waals surface area contributed by atoms with Crippen LogP contribution in [0.3, 0.4) is 0 Å². The first-order chi connectivity index (χ1) is 11.7. The molecule has 0 saturated carbocycles. The lowest BCUT2D eigenvalue weighted by Crippen LogP contribution is -2.30. The summed E-state index contributed by atoms with van der Waals surface area (Å²) in [7, 11) is -1.74. The van der Waals surface area contributed by atoms with Gasteiger partial charge in [-0.15, -0.1) is 10.2 Å². The zero-order chi connectivity index (χ0) is 18.6. The van der Waals surface area contributed by atoms with Crippen molar-refractivity contribution < 1.29 is 13.2 Å². The van der Waals surface area contributed by atoms with Crippen molar-refractivity contribution >= 4 is 33.4 Å². The average Bonchev–Trinajstić information content (AvgIpc) is 2.91. The zero-order valence-electron chi connectivity index (χ0n) is 14.4. The van der Waals surface area contributed by atoms with Gasteiger partial charge < -0.3 is 9.88 Å². The topological polar surface area (TPSA) is 106 Å². The lowest BCUT2D eigenvalue weighted by Gasteiger charge is -2.12. The van der Waals surface area contributed by atoms with Gasteiger partial charge in [0.15, 0.2) is 5.16 Å². The first kappa shape index (κ1) is 19.4. The molecule has 0 saturated heterocycles. The largest absolute Gasteiger partial charge is 0.325 e. The van der Waals surface area contributed by atoms with Crippen LogP contribution in [0.5, 0.6) is 0 Å². The van der Waals surface area contributed by atoms with Crippen molar-refractivity contribution in [2.75, 3.05) is 5.32 Å². The molecule has 10 heteroatoms. The highest BCUT2D eigenvalue weighted by Gasteiger charge is 2.18. The summed E-state index contributed by atoms with van der Waals surface area (Å²) in [4.78, 5) is 12.4. The molecular formula is C15H21N5O3S2. The molecule has 1 atom stereocenters. The third-order valence-electron chi connectivity index (χ3n) is 3.14. The molecule has 0 aliphatic rings. The number of nitrogens with zero attached hydrogens (tertiary/aromatic N) is 3. The summed E-state index contributed by atoms with van der Waals surface area (Å²) < 4.78 is 28.4. The highest BCUT2D eigenvalue weighted by Crippen LogP contribution is 2.22. The molecule has 0 spiro atoms. The number of hydrogen-bond donors (Lipinski definition) is 2. The number of anilines is 1. The van der Waals surface area contributed by atoms with Crippen molar-refractivity contribution in [1.82, 2.24) is 19.5 Å². The van der Waals surface area contributed by atoms with Crippen LogP contribution in [-0.2, 0) is 21.9 Å². The Bertz CT molecular complexity index is 831. The molecule has 8 nitrogen and oxygen atoms in total. The maximum Gasteiger partial charge on any atom is 0.240 e. The number of rotatable bonds is 7.